The molecule has 170 valence electrons. The fourth-order valence-electron chi connectivity index (χ4n) is 4.14. The van der Waals surface area contributed by atoms with Crippen LogP contribution in [-0.2, 0) is 13.5 Å². The van der Waals surface area contributed by atoms with E-state index < -0.39 is 0 Å². The average Bonchev–Trinajstić information content (AvgIpc) is 3.53. The Bertz CT molecular complexity index is 1550. The monoisotopic (exact) mass is 453 g/mol. The third-order valence-corrected chi connectivity index (χ3v) is 5.71. The zero-order valence-electron chi connectivity index (χ0n) is 19.2. The average molecular weight is 454 g/mol. The highest BCUT2D eigenvalue weighted by Gasteiger charge is 2.20. The maximum atomic E-state index is 13.9. The van der Waals surface area contributed by atoms with Crippen molar-refractivity contribution in [2.75, 3.05) is 0 Å². The molecule has 0 aliphatic heterocycles. The maximum absolute atomic E-state index is 13.9. The van der Waals surface area contributed by atoms with E-state index in [9.17, 15) is 4.39 Å². The number of aromatic nitrogens is 7. The molecular weight excluding hydrogens is 429 g/mol. The van der Waals surface area contributed by atoms with Gasteiger partial charge in [0, 0.05) is 30.1 Å². The number of benzene rings is 1. The topological polar surface area (TPSA) is 88.1 Å². The Morgan fingerprint density at radius 3 is 2.82 bits per heavy atom. The van der Waals surface area contributed by atoms with Crippen molar-refractivity contribution in [3.8, 4) is 22.8 Å². The molecule has 5 aromatic rings. The zero-order valence-corrected chi connectivity index (χ0v) is 19.2. The molecule has 0 fully saturated rings. The Hall–Kier alpha value is -4.33. The Balaban J connectivity index is 1.62. The van der Waals surface area contributed by atoms with E-state index in [0.717, 1.165) is 45.7 Å². The molecule has 0 aliphatic carbocycles. The molecule has 0 aliphatic rings. The first kappa shape index (κ1) is 21.5. The molecule has 0 saturated heterocycles. The molecule has 4 heterocycles. The number of nitrogens with zero attached hydrogens (tertiary/aromatic N) is 5. The van der Waals surface area contributed by atoms with Crippen molar-refractivity contribution in [2.45, 2.75) is 20.3 Å². The number of aryl methyl sites for hydroxylation is 3. The van der Waals surface area contributed by atoms with E-state index >= 15 is 0 Å². The standard InChI is InChI=1S/C26H24FN7/c1-5-8-18(16-9-7-10-17(27)13-16)23-15(3)28-26(30-23)25-24-22(31-32-25)12-11-21(29-24)19-14-34(4)33-20(19)6-2/h5,7-14H,1,6H2,2-4H3,(H,28,30)(H,31,32)/b18-8-. The van der Waals surface area contributed by atoms with Crippen molar-refractivity contribution < 1.29 is 4.39 Å². The lowest BCUT2D eigenvalue weighted by Gasteiger charge is -2.06. The number of allylic oxidation sites excluding steroid dienone is 2. The van der Waals surface area contributed by atoms with Crippen LogP contribution in [0, 0.1) is 12.7 Å². The molecule has 0 unspecified atom stereocenters. The fourth-order valence-corrected chi connectivity index (χ4v) is 4.14. The lowest BCUT2D eigenvalue weighted by atomic mass is 10.0. The summed E-state index contributed by atoms with van der Waals surface area (Å²) in [5.41, 5.74) is 7.98. The van der Waals surface area contributed by atoms with Gasteiger partial charge in [0.25, 0.3) is 0 Å². The van der Waals surface area contributed by atoms with Crippen molar-refractivity contribution in [3.05, 3.63) is 89.8 Å². The third kappa shape index (κ3) is 3.73. The Morgan fingerprint density at radius 1 is 1.21 bits per heavy atom. The van der Waals surface area contributed by atoms with Gasteiger partial charge in [-0.2, -0.15) is 10.2 Å². The summed E-state index contributed by atoms with van der Waals surface area (Å²) in [6.07, 6.45) is 6.29. The van der Waals surface area contributed by atoms with Gasteiger partial charge in [-0.1, -0.05) is 37.8 Å². The lowest BCUT2D eigenvalue weighted by molar-refractivity contribution is 0.627. The van der Waals surface area contributed by atoms with Crippen LogP contribution in [0.5, 0.6) is 0 Å². The Morgan fingerprint density at radius 2 is 2.06 bits per heavy atom. The molecule has 0 bridgehead atoms. The van der Waals surface area contributed by atoms with E-state index in [1.807, 2.05) is 44.4 Å². The molecule has 5 rings (SSSR count). The largest absolute Gasteiger partial charge is 0.340 e. The second-order valence-electron chi connectivity index (χ2n) is 8.07. The molecule has 1 aromatic carbocycles. The molecule has 34 heavy (non-hydrogen) atoms. The summed E-state index contributed by atoms with van der Waals surface area (Å²) in [6, 6.07) is 10.4. The Labute approximate surface area is 196 Å². The van der Waals surface area contributed by atoms with Crippen LogP contribution in [0.2, 0.25) is 0 Å². The third-order valence-electron chi connectivity index (χ3n) is 5.71. The molecular formula is C26H24FN7. The van der Waals surface area contributed by atoms with Crippen molar-refractivity contribution in [2.24, 2.45) is 7.05 Å². The predicted molar refractivity (Wildman–Crippen MR) is 131 cm³/mol. The van der Waals surface area contributed by atoms with E-state index in [4.69, 9.17) is 9.97 Å². The van der Waals surface area contributed by atoms with Gasteiger partial charge in [0.05, 0.1) is 22.6 Å². The van der Waals surface area contributed by atoms with Crippen molar-refractivity contribution in [3.63, 3.8) is 0 Å². The van der Waals surface area contributed by atoms with Gasteiger partial charge >= 0.3 is 0 Å². The number of fused-ring (bicyclic) bond motifs is 1. The van der Waals surface area contributed by atoms with E-state index in [1.165, 1.54) is 12.1 Å². The van der Waals surface area contributed by atoms with Gasteiger partial charge in [0.1, 0.15) is 11.3 Å². The smallest absolute Gasteiger partial charge is 0.161 e. The SMILES string of the molecule is C=C/C=C(/c1cccc(F)c1)c1nc(-c2n[nH]c3ccc(-c4cn(C)nc4CC)nc23)[nH]c1C. The van der Waals surface area contributed by atoms with Crippen LogP contribution in [0.4, 0.5) is 4.39 Å². The number of hydrogen-bond acceptors (Lipinski definition) is 4. The summed E-state index contributed by atoms with van der Waals surface area (Å²) in [5, 5.41) is 12.1. The molecule has 0 spiro atoms. The Kier molecular flexibility index (Phi) is 5.41. The summed E-state index contributed by atoms with van der Waals surface area (Å²) < 4.78 is 15.7. The number of pyridine rings is 1. The molecule has 2 N–H and O–H groups in total. The molecule has 0 radical (unpaired) electrons. The molecule has 7 nitrogen and oxygen atoms in total. The van der Waals surface area contributed by atoms with E-state index in [0.29, 0.717) is 22.7 Å². The summed E-state index contributed by atoms with van der Waals surface area (Å²) >= 11 is 0. The van der Waals surface area contributed by atoms with E-state index in [2.05, 4.69) is 33.8 Å². The van der Waals surface area contributed by atoms with Gasteiger partial charge in [0.2, 0.25) is 0 Å². The van der Waals surface area contributed by atoms with Gasteiger partial charge in [-0.15, -0.1) is 0 Å². The minimum absolute atomic E-state index is 0.308. The van der Waals surface area contributed by atoms with Crippen LogP contribution in [0.3, 0.4) is 0 Å². The predicted octanol–water partition coefficient (Wildman–Crippen LogP) is 5.38. The van der Waals surface area contributed by atoms with E-state index in [1.54, 1.807) is 16.8 Å². The molecule has 0 saturated carbocycles. The molecule has 8 heteroatoms. The van der Waals surface area contributed by atoms with Crippen LogP contribution < -0.4 is 0 Å². The van der Waals surface area contributed by atoms with Gasteiger partial charge in [-0.05, 0) is 43.2 Å². The lowest BCUT2D eigenvalue weighted by Crippen LogP contribution is -1.92. The normalized spacial score (nSPS) is 11.9. The maximum Gasteiger partial charge on any atom is 0.161 e. The van der Waals surface area contributed by atoms with Gasteiger partial charge in [-0.3, -0.25) is 9.78 Å². The quantitative estimate of drug-likeness (QED) is 0.338. The first-order valence-electron chi connectivity index (χ1n) is 11.0. The molecule has 4 aromatic heterocycles. The van der Waals surface area contributed by atoms with Crippen molar-refractivity contribution in [1.82, 2.24) is 34.9 Å². The first-order valence-corrected chi connectivity index (χ1v) is 11.0. The van der Waals surface area contributed by atoms with E-state index in [-0.39, 0.29) is 5.82 Å². The summed E-state index contributed by atoms with van der Waals surface area (Å²) in [6.45, 7) is 7.82. The molecule has 0 amide bonds. The van der Waals surface area contributed by atoms with Crippen LogP contribution in [-0.4, -0.2) is 34.9 Å². The minimum atomic E-state index is -0.308. The van der Waals surface area contributed by atoms with Crippen LogP contribution in [0.1, 0.15) is 29.6 Å². The van der Waals surface area contributed by atoms with Crippen molar-refractivity contribution in [1.29, 1.82) is 0 Å². The minimum Gasteiger partial charge on any atom is -0.340 e. The van der Waals surface area contributed by atoms with Crippen LogP contribution in [0.15, 0.2) is 61.3 Å². The zero-order chi connectivity index (χ0) is 23.8. The summed E-state index contributed by atoms with van der Waals surface area (Å²) in [7, 11) is 1.91. The number of imidazole rings is 1. The second-order valence-corrected chi connectivity index (χ2v) is 8.07. The molecule has 0 atom stereocenters. The number of H-pyrrole nitrogens is 2. The van der Waals surface area contributed by atoms with Crippen LogP contribution in [0.25, 0.3) is 39.4 Å². The van der Waals surface area contributed by atoms with Gasteiger partial charge in [-0.25, -0.2) is 14.4 Å². The van der Waals surface area contributed by atoms with Crippen molar-refractivity contribution >= 4 is 16.6 Å². The summed E-state index contributed by atoms with van der Waals surface area (Å²) in [4.78, 5) is 13.1. The summed E-state index contributed by atoms with van der Waals surface area (Å²) in [5.74, 6) is 0.273. The highest BCUT2D eigenvalue weighted by Crippen LogP contribution is 2.31. The number of aromatic amines is 2. The van der Waals surface area contributed by atoms with Gasteiger partial charge in [0.15, 0.2) is 11.5 Å². The number of halogens is 1. The number of nitrogens with one attached hydrogen (secondary N) is 2. The number of hydrogen-bond donors (Lipinski definition) is 2. The van der Waals surface area contributed by atoms with Crippen LogP contribution >= 0.6 is 0 Å². The first-order chi connectivity index (χ1) is 16.5. The van der Waals surface area contributed by atoms with Gasteiger partial charge < -0.3 is 4.98 Å². The highest BCUT2D eigenvalue weighted by molar-refractivity contribution is 5.90. The second kappa shape index (κ2) is 8.55. The fraction of sp³-hybridized carbons (Fsp3) is 0.154. The highest BCUT2D eigenvalue weighted by atomic mass is 19.1. The number of rotatable bonds is 6.